The van der Waals surface area contributed by atoms with Gasteiger partial charge in [-0.25, -0.2) is 0 Å². The Balaban J connectivity index is 1.61. The number of carbonyl (C=O) groups excluding carboxylic acids is 1. The minimum atomic E-state index is -0.156. The van der Waals surface area contributed by atoms with Crippen LogP contribution in [0.1, 0.15) is 38.6 Å². The summed E-state index contributed by atoms with van der Waals surface area (Å²) < 4.78 is 12.1. The van der Waals surface area contributed by atoms with Crippen molar-refractivity contribution in [1.29, 1.82) is 0 Å². The molecule has 0 aliphatic heterocycles. The molecule has 0 bridgehead atoms. The molecule has 0 aliphatic carbocycles. The van der Waals surface area contributed by atoms with E-state index in [1.54, 1.807) is 6.92 Å². The molecular weight excluding hydrogens is 406 g/mol. The molecule has 2 aromatic carbocycles. The van der Waals surface area contributed by atoms with Crippen molar-refractivity contribution >= 4 is 21.8 Å². The fourth-order valence-corrected chi connectivity index (χ4v) is 3.44. The third-order valence-electron chi connectivity index (χ3n) is 4.34. The summed E-state index contributed by atoms with van der Waals surface area (Å²) in [5.74, 6) is 1.15. The molecule has 4 nitrogen and oxygen atoms in total. The van der Waals surface area contributed by atoms with Crippen LogP contribution in [0.3, 0.4) is 0 Å². The second-order valence-corrected chi connectivity index (χ2v) is 7.13. The smallest absolute Gasteiger partial charge is 0.256 e. The minimum absolute atomic E-state index is 0.156. The first-order valence-electron chi connectivity index (χ1n) is 8.78. The van der Waals surface area contributed by atoms with Gasteiger partial charge >= 0.3 is 0 Å². The second kappa shape index (κ2) is 9.02. The van der Waals surface area contributed by atoms with Crippen LogP contribution < -0.4 is 5.32 Å². The summed E-state index contributed by atoms with van der Waals surface area (Å²) >= 11 is 3.42. The highest BCUT2D eigenvalue weighted by molar-refractivity contribution is 9.10. The Kier molecular flexibility index (Phi) is 6.48. The third-order valence-corrected chi connectivity index (χ3v) is 5.30. The fraction of sp³-hybridized carbons (Fsp3) is 0.227. The fourth-order valence-electron chi connectivity index (χ4n) is 2.90. The molecule has 3 aromatic rings. The van der Waals surface area contributed by atoms with Gasteiger partial charge < -0.3 is 14.5 Å². The lowest BCUT2D eigenvalue weighted by Crippen LogP contribution is -2.24. The van der Waals surface area contributed by atoms with Crippen molar-refractivity contribution in [3.8, 4) is 0 Å². The summed E-state index contributed by atoms with van der Waals surface area (Å²) in [4.78, 5) is 12.6. The number of carbonyl (C=O) groups is 1. The van der Waals surface area contributed by atoms with Gasteiger partial charge in [-0.15, -0.1) is 0 Å². The zero-order chi connectivity index (χ0) is 19.2. The Morgan fingerprint density at radius 1 is 0.963 bits per heavy atom. The first-order chi connectivity index (χ1) is 13.1. The molecule has 1 amide bonds. The van der Waals surface area contributed by atoms with E-state index in [1.165, 1.54) is 0 Å². The van der Waals surface area contributed by atoms with Crippen LogP contribution in [-0.2, 0) is 24.5 Å². The number of ether oxygens (including phenoxy) is 1. The van der Waals surface area contributed by atoms with Crippen molar-refractivity contribution in [3.63, 3.8) is 0 Å². The van der Waals surface area contributed by atoms with E-state index in [9.17, 15) is 4.79 Å². The molecule has 3 rings (SSSR count). The van der Waals surface area contributed by atoms with Crippen LogP contribution in [0.4, 0.5) is 0 Å². The molecule has 27 heavy (non-hydrogen) atoms. The predicted molar refractivity (Wildman–Crippen MR) is 108 cm³/mol. The molecule has 0 unspecified atom stereocenters. The van der Waals surface area contributed by atoms with Crippen molar-refractivity contribution in [2.45, 2.75) is 33.6 Å². The maximum atomic E-state index is 12.6. The van der Waals surface area contributed by atoms with Crippen LogP contribution >= 0.6 is 15.9 Å². The van der Waals surface area contributed by atoms with E-state index >= 15 is 0 Å². The first-order valence-corrected chi connectivity index (χ1v) is 9.57. The SMILES string of the molecule is Cc1oc(C)c(C(=O)NCc2ccccc2COCc2ccccc2)c1Br. The van der Waals surface area contributed by atoms with Crippen LogP contribution in [0, 0.1) is 13.8 Å². The number of hydrogen-bond acceptors (Lipinski definition) is 3. The maximum Gasteiger partial charge on any atom is 0.256 e. The van der Waals surface area contributed by atoms with E-state index in [0.29, 0.717) is 41.3 Å². The average Bonchev–Trinajstić information content (AvgIpc) is 2.93. The highest BCUT2D eigenvalue weighted by Crippen LogP contribution is 2.27. The van der Waals surface area contributed by atoms with Gasteiger partial charge in [0.25, 0.3) is 5.91 Å². The number of furan rings is 1. The van der Waals surface area contributed by atoms with Gasteiger partial charge in [0.15, 0.2) is 0 Å². The molecule has 0 aliphatic rings. The van der Waals surface area contributed by atoms with Gasteiger partial charge in [-0.3, -0.25) is 4.79 Å². The highest BCUT2D eigenvalue weighted by atomic mass is 79.9. The van der Waals surface area contributed by atoms with Crippen LogP contribution in [-0.4, -0.2) is 5.91 Å². The Bertz CT molecular complexity index is 919. The van der Waals surface area contributed by atoms with E-state index in [-0.39, 0.29) is 5.91 Å². The van der Waals surface area contributed by atoms with Gasteiger partial charge in [-0.2, -0.15) is 0 Å². The first kappa shape index (κ1) is 19.4. The standard InChI is InChI=1S/C22H22BrNO3/c1-15-20(21(23)16(2)27-15)22(25)24-12-18-10-6-7-11-19(18)14-26-13-17-8-4-3-5-9-17/h3-11H,12-14H2,1-2H3,(H,24,25). The van der Waals surface area contributed by atoms with Gasteiger partial charge in [0.1, 0.15) is 11.5 Å². The lowest BCUT2D eigenvalue weighted by atomic mass is 10.1. The number of nitrogens with one attached hydrogen (secondary N) is 1. The largest absolute Gasteiger partial charge is 0.465 e. The van der Waals surface area contributed by atoms with Crippen molar-refractivity contribution < 1.29 is 13.9 Å². The molecule has 0 saturated carbocycles. The summed E-state index contributed by atoms with van der Waals surface area (Å²) in [6.07, 6.45) is 0. The molecule has 0 spiro atoms. The highest BCUT2D eigenvalue weighted by Gasteiger charge is 2.19. The molecule has 1 N–H and O–H groups in total. The zero-order valence-electron chi connectivity index (χ0n) is 15.4. The van der Waals surface area contributed by atoms with Crippen molar-refractivity contribution in [3.05, 3.63) is 92.8 Å². The van der Waals surface area contributed by atoms with E-state index in [0.717, 1.165) is 16.7 Å². The molecule has 0 saturated heterocycles. The van der Waals surface area contributed by atoms with E-state index in [2.05, 4.69) is 21.2 Å². The topological polar surface area (TPSA) is 51.5 Å². The molecule has 140 valence electrons. The summed E-state index contributed by atoms with van der Waals surface area (Å²) in [5, 5.41) is 2.97. The van der Waals surface area contributed by atoms with Crippen LogP contribution in [0.2, 0.25) is 0 Å². The second-order valence-electron chi connectivity index (χ2n) is 6.33. The van der Waals surface area contributed by atoms with Gasteiger partial charge in [0.2, 0.25) is 0 Å². The van der Waals surface area contributed by atoms with Crippen LogP contribution in [0.25, 0.3) is 0 Å². The van der Waals surface area contributed by atoms with Crippen molar-refractivity contribution in [2.75, 3.05) is 0 Å². The van der Waals surface area contributed by atoms with Gasteiger partial charge in [0.05, 0.1) is 23.2 Å². The maximum absolute atomic E-state index is 12.6. The molecule has 1 heterocycles. The Morgan fingerprint density at radius 2 is 1.63 bits per heavy atom. The Hall–Kier alpha value is -2.37. The van der Waals surface area contributed by atoms with Gasteiger partial charge in [-0.1, -0.05) is 54.6 Å². The minimum Gasteiger partial charge on any atom is -0.465 e. The van der Waals surface area contributed by atoms with Crippen LogP contribution in [0.5, 0.6) is 0 Å². The summed E-state index contributed by atoms with van der Waals surface area (Å²) in [6.45, 7) is 5.10. The molecule has 1 aromatic heterocycles. The van der Waals surface area contributed by atoms with Gasteiger partial charge in [-0.05, 0) is 46.5 Å². The molecular formula is C22H22BrNO3. The lowest BCUT2D eigenvalue weighted by Gasteiger charge is -2.11. The van der Waals surface area contributed by atoms with Crippen molar-refractivity contribution in [1.82, 2.24) is 5.32 Å². The number of hydrogen-bond donors (Lipinski definition) is 1. The predicted octanol–water partition coefficient (Wildman–Crippen LogP) is 5.31. The van der Waals surface area contributed by atoms with Crippen molar-refractivity contribution in [2.24, 2.45) is 0 Å². The number of rotatable bonds is 7. The van der Waals surface area contributed by atoms with Crippen LogP contribution in [0.15, 0.2) is 63.5 Å². The Morgan fingerprint density at radius 3 is 2.30 bits per heavy atom. The van der Waals surface area contributed by atoms with Gasteiger partial charge in [0, 0.05) is 6.54 Å². The van der Waals surface area contributed by atoms with E-state index < -0.39 is 0 Å². The lowest BCUT2D eigenvalue weighted by molar-refractivity contribution is 0.0945. The quantitative estimate of drug-likeness (QED) is 0.555. The monoisotopic (exact) mass is 427 g/mol. The molecule has 0 fully saturated rings. The van der Waals surface area contributed by atoms with E-state index in [1.807, 2.05) is 61.5 Å². The zero-order valence-corrected chi connectivity index (χ0v) is 17.0. The van der Waals surface area contributed by atoms with E-state index in [4.69, 9.17) is 9.15 Å². The summed E-state index contributed by atoms with van der Waals surface area (Å²) in [7, 11) is 0. The molecule has 0 radical (unpaired) electrons. The summed E-state index contributed by atoms with van der Waals surface area (Å²) in [6, 6.07) is 18.0. The Labute approximate surface area is 167 Å². The number of aryl methyl sites for hydroxylation is 2. The third kappa shape index (κ3) is 4.87. The number of amides is 1. The number of halogens is 1. The molecule has 5 heteroatoms. The molecule has 0 atom stereocenters. The normalized spacial score (nSPS) is 10.8. The number of benzene rings is 2. The average molecular weight is 428 g/mol. The summed E-state index contributed by atoms with van der Waals surface area (Å²) in [5.41, 5.74) is 3.78.